The minimum atomic E-state index is -4.01. The molecule has 1 aliphatic rings. The minimum absolute atomic E-state index is 0.0945. The van der Waals surface area contributed by atoms with E-state index in [1.807, 2.05) is 6.92 Å². The van der Waals surface area contributed by atoms with E-state index in [1.165, 1.54) is 23.5 Å². The highest BCUT2D eigenvalue weighted by Crippen LogP contribution is 2.39. The molecule has 0 bridgehead atoms. The summed E-state index contributed by atoms with van der Waals surface area (Å²) in [6, 6.07) is 15.0. The van der Waals surface area contributed by atoms with E-state index in [0.29, 0.717) is 16.3 Å². The summed E-state index contributed by atoms with van der Waals surface area (Å²) in [7, 11) is -4.01. The van der Waals surface area contributed by atoms with Crippen LogP contribution in [-0.4, -0.2) is 33.4 Å². The number of carbonyl (C=O) groups excluding carboxylic acids is 2. The van der Waals surface area contributed by atoms with Crippen molar-refractivity contribution in [1.29, 1.82) is 0 Å². The van der Waals surface area contributed by atoms with Gasteiger partial charge in [-0.3, -0.25) is 9.10 Å². The molecule has 1 aliphatic carbocycles. The number of thiophene rings is 1. The average molecular weight is 499 g/mol. The molecular weight excluding hydrogens is 472 g/mol. The molecule has 0 atom stereocenters. The van der Waals surface area contributed by atoms with Crippen LogP contribution in [-0.2, 0) is 32.4 Å². The molecule has 1 heterocycles. The number of benzene rings is 2. The number of hydrogen-bond acceptors (Lipinski definition) is 6. The Bertz CT molecular complexity index is 1300. The number of carbonyl (C=O) groups is 2. The third kappa shape index (κ3) is 4.85. The summed E-state index contributed by atoms with van der Waals surface area (Å²) in [6.07, 6.45) is 2.56. The first-order chi connectivity index (χ1) is 16.3. The molecule has 2 aromatic carbocycles. The number of amides is 1. The Morgan fingerprint density at radius 1 is 1.06 bits per heavy atom. The zero-order valence-electron chi connectivity index (χ0n) is 19.0. The summed E-state index contributed by atoms with van der Waals surface area (Å²) in [5.74, 6) is -1.01. The molecule has 7 nitrogen and oxygen atoms in total. The smallest absolute Gasteiger partial charge is 0.341 e. The second-order valence-corrected chi connectivity index (χ2v) is 11.0. The maximum Gasteiger partial charge on any atom is 0.341 e. The van der Waals surface area contributed by atoms with Crippen LogP contribution in [0.3, 0.4) is 0 Å². The van der Waals surface area contributed by atoms with Crippen molar-refractivity contribution in [2.45, 2.75) is 38.0 Å². The summed E-state index contributed by atoms with van der Waals surface area (Å²) in [5.41, 5.74) is 2.61. The topological polar surface area (TPSA) is 92.8 Å². The summed E-state index contributed by atoms with van der Waals surface area (Å²) >= 11 is 1.36. The van der Waals surface area contributed by atoms with Gasteiger partial charge in [0.25, 0.3) is 10.0 Å². The zero-order chi connectivity index (χ0) is 24.3. The number of para-hydroxylation sites is 1. The van der Waals surface area contributed by atoms with Crippen LogP contribution in [0, 0.1) is 6.92 Å². The van der Waals surface area contributed by atoms with Gasteiger partial charge in [-0.2, -0.15) is 0 Å². The van der Waals surface area contributed by atoms with Crippen LogP contribution in [0.4, 0.5) is 10.7 Å². The highest BCUT2D eigenvalue weighted by atomic mass is 32.2. The molecule has 4 rings (SSSR count). The summed E-state index contributed by atoms with van der Waals surface area (Å²) in [5, 5.41) is 3.20. The van der Waals surface area contributed by atoms with E-state index in [4.69, 9.17) is 4.74 Å². The fourth-order valence-corrected chi connectivity index (χ4v) is 6.67. The first-order valence-corrected chi connectivity index (χ1v) is 13.3. The van der Waals surface area contributed by atoms with E-state index in [2.05, 4.69) is 5.32 Å². The number of esters is 1. The van der Waals surface area contributed by atoms with Gasteiger partial charge in [-0.05, 0) is 62.9 Å². The Kier molecular flexibility index (Phi) is 7.04. The number of sulfonamides is 1. The molecule has 178 valence electrons. The van der Waals surface area contributed by atoms with Crippen molar-refractivity contribution in [3.05, 3.63) is 76.2 Å². The standard InChI is InChI=1S/C25H26N2O5S2/c1-3-32-25(29)23-20-10-7-11-21(20)33-24(23)26-22(28)16-27(18-8-5-4-6-9-18)34(30,31)19-14-12-17(2)13-15-19/h4-6,8-9,12-15H,3,7,10-11,16H2,1-2H3,(H,26,28). The number of nitrogens with zero attached hydrogens (tertiary/aromatic N) is 1. The number of anilines is 2. The van der Waals surface area contributed by atoms with Crippen LogP contribution in [0.5, 0.6) is 0 Å². The molecule has 0 saturated carbocycles. The highest BCUT2D eigenvalue weighted by molar-refractivity contribution is 7.92. The predicted octanol–water partition coefficient (Wildman–Crippen LogP) is 4.56. The van der Waals surface area contributed by atoms with Gasteiger partial charge in [0.15, 0.2) is 0 Å². The first kappa shape index (κ1) is 24.0. The summed E-state index contributed by atoms with van der Waals surface area (Å²) in [6.45, 7) is 3.40. The van der Waals surface area contributed by atoms with Crippen molar-refractivity contribution in [3.8, 4) is 0 Å². The van der Waals surface area contributed by atoms with Crippen molar-refractivity contribution < 1.29 is 22.7 Å². The van der Waals surface area contributed by atoms with Crippen molar-refractivity contribution in [2.24, 2.45) is 0 Å². The molecule has 34 heavy (non-hydrogen) atoms. The van der Waals surface area contributed by atoms with Gasteiger partial charge in [-0.1, -0.05) is 35.9 Å². The van der Waals surface area contributed by atoms with Gasteiger partial charge >= 0.3 is 5.97 Å². The summed E-state index contributed by atoms with van der Waals surface area (Å²) < 4.78 is 33.3. The van der Waals surface area contributed by atoms with Gasteiger partial charge in [0.1, 0.15) is 11.5 Å². The predicted molar refractivity (Wildman–Crippen MR) is 133 cm³/mol. The van der Waals surface area contributed by atoms with Gasteiger partial charge in [0.05, 0.1) is 22.8 Å². The van der Waals surface area contributed by atoms with Crippen LogP contribution in [0.25, 0.3) is 0 Å². The van der Waals surface area contributed by atoms with Crippen molar-refractivity contribution >= 4 is 43.9 Å². The van der Waals surface area contributed by atoms with Crippen LogP contribution >= 0.6 is 11.3 Å². The third-order valence-electron chi connectivity index (χ3n) is 5.59. The Morgan fingerprint density at radius 2 is 1.76 bits per heavy atom. The fourth-order valence-electron chi connectivity index (χ4n) is 3.95. The highest BCUT2D eigenvalue weighted by Gasteiger charge is 2.31. The second-order valence-electron chi connectivity index (χ2n) is 7.99. The van der Waals surface area contributed by atoms with Crippen LogP contribution in [0.1, 0.15) is 39.7 Å². The van der Waals surface area contributed by atoms with Gasteiger partial charge < -0.3 is 10.1 Å². The molecule has 9 heteroatoms. The number of aryl methyl sites for hydroxylation is 2. The molecule has 3 aromatic rings. The largest absolute Gasteiger partial charge is 0.462 e. The minimum Gasteiger partial charge on any atom is -0.462 e. The second kappa shape index (κ2) is 9.99. The molecule has 0 aliphatic heterocycles. The van der Waals surface area contributed by atoms with E-state index < -0.39 is 28.4 Å². The van der Waals surface area contributed by atoms with Crippen LogP contribution in [0.15, 0.2) is 59.5 Å². The van der Waals surface area contributed by atoms with E-state index in [1.54, 1.807) is 49.4 Å². The van der Waals surface area contributed by atoms with Gasteiger partial charge in [-0.25, -0.2) is 13.2 Å². The number of fused-ring (bicyclic) bond motifs is 1. The van der Waals surface area contributed by atoms with Crippen LogP contribution < -0.4 is 9.62 Å². The normalized spacial score (nSPS) is 12.8. The number of rotatable bonds is 8. The molecule has 0 spiro atoms. The Morgan fingerprint density at radius 3 is 2.44 bits per heavy atom. The van der Waals surface area contributed by atoms with Gasteiger partial charge in [0.2, 0.25) is 5.91 Å². The molecule has 0 saturated heterocycles. The molecule has 0 fully saturated rings. The van der Waals surface area contributed by atoms with Crippen molar-refractivity contribution in [2.75, 3.05) is 22.8 Å². The van der Waals surface area contributed by atoms with Gasteiger partial charge in [-0.15, -0.1) is 11.3 Å². The third-order valence-corrected chi connectivity index (χ3v) is 8.59. The van der Waals surface area contributed by atoms with Crippen LogP contribution in [0.2, 0.25) is 0 Å². The van der Waals surface area contributed by atoms with E-state index >= 15 is 0 Å². The maximum atomic E-state index is 13.5. The van der Waals surface area contributed by atoms with E-state index in [0.717, 1.165) is 39.6 Å². The average Bonchev–Trinajstić information content (AvgIpc) is 3.39. The monoisotopic (exact) mass is 498 g/mol. The van der Waals surface area contributed by atoms with Gasteiger partial charge in [0, 0.05) is 4.88 Å². The number of nitrogens with one attached hydrogen (secondary N) is 1. The molecule has 1 N–H and O–H groups in total. The molecular formula is C25H26N2O5S2. The van der Waals surface area contributed by atoms with Crippen molar-refractivity contribution in [1.82, 2.24) is 0 Å². The lowest BCUT2D eigenvalue weighted by molar-refractivity contribution is -0.114. The number of hydrogen-bond donors (Lipinski definition) is 1. The maximum absolute atomic E-state index is 13.5. The number of ether oxygens (including phenoxy) is 1. The molecule has 1 aromatic heterocycles. The Labute approximate surface area is 203 Å². The lowest BCUT2D eigenvalue weighted by atomic mass is 10.1. The zero-order valence-corrected chi connectivity index (χ0v) is 20.7. The molecule has 1 amide bonds. The quantitative estimate of drug-likeness (QED) is 0.460. The van der Waals surface area contributed by atoms with E-state index in [9.17, 15) is 18.0 Å². The lowest BCUT2D eigenvalue weighted by Crippen LogP contribution is -2.38. The molecule has 0 radical (unpaired) electrons. The fraction of sp³-hybridized carbons (Fsp3) is 0.280. The van der Waals surface area contributed by atoms with E-state index in [-0.39, 0.29) is 11.5 Å². The SMILES string of the molecule is CCOC(=O)c1c(NC(=O)CN(c2ccccc2)S(=O)(=O)c2ccc(C)cc2)sc2c1CCC2. The first-order valence-electron chi connectivity index (χ1n) is 11.1. The molecule has 0 unspecified atom stereocenters. The van der Waals surface area contributed by atoms with Crippen molar-refractivity contribution in [3.63, 3.8) is 0 Å². The summed E-state index contributed by atoms with van der Waals surface area (Å²) in [4.78, 5) is 26.9. The Hall–Kier alpha value is -3.17. The Balaban J connectivity index is 1.64. The lowest BCUT2D eigenvalue weighted by Gasteiger charge is -2.24.